The predicted molar refractivity (Wildman–Crippen MR) is 64.8 cm³/mol. The SMILES string of the molecule is NC(=O)c1cc(N)cc(C(=O)NCC(O)CO)c1. The molecule has 18 heavy (non-hydrogen) atoms. The van der Waals surface area contributed by atoms with Crippen LogP contribution in [0.3, 0.4) is 0 Å². The minimum Gasteiger partial charge on any atom is -0.399 e. The maximum Gasteiger partial charge on any atom is 0.251 e. The topological polar surface area (TPSA) is 139 Å². The summed E-state index contributed by atoms with van der Waals surface area (Å²) in [4.78, 5) is 22.7. The Morgan fingerprint density at radius 1 is 1.28 bits per heavy atom. The van der Waals surface area contributed by atoms with E-state index in [1.165, 1.54) is 18.2 Å². The van der Waals surface area contributed by atoms with Crippen LogP contribution in [0.5, 0.6) is 0 Å². The summed E-state index contributed by atoms with van der Waals surface area (Å²) in [6.07, 6.45) is -1.04. The van der Waals surface area contributed by atoms with E-state index in [0.29, 0.717) is 0 Å². The highest BCUT2D eigenvalue weighted by Crippen LogP contribution is 2.11. The van der Waals surface area contributed by atoms with Crippen molar-refractivity contribution in [1.29, 1.82) is 0 Å². The third kappa shape index (κ3) is 3.72. The summed E-state index contributed by atoms with van der Waals surface area (Å²) in [6, 6.07) is 4.05. The Hall–Kier alpha value is -2.12. The second kappa shape index (κ2) is 5.99. The van der Waals surface area contributed by atoms with Gasteiger partial charge in [-0.05, 0) is 18.2 Å². The van der Waals surface area contributed by atoms with E-state index in [1.54, 1.807) is 0 Å². The fraction of sp³-hybridized carbons (Fsp3) is 0.273. The number of amides is 2. The second-order valence-corrected chi connectivity index (χ2v) is 3.75. The van der Waals surface area contributed by atoms with Gasteiger partial charge in [0.25, 0.3) is 5.91 Å². The first-order chi connectivity index (χ1) is 8.43. The quantitative estimate of drug-likeness (QED) is 0.404. The monoisotopic (exact) mass is 253 g/mol. The molecule has 98 valence electrons. The van der Waals surface area contributed by atoms with Gasteiger partial charge in [-0.3, -0.25) is 9.59 Å². The molecule has 1 atom stereocenters. The molecule has 1 unspecified atom stereocenters. The highest BCUT2D eigenvalue weighted by molar-refractivity contribution is 6.00. The van der Waals surface area contributed by atoms with Crippen LogP contribution < -0.4 is 16.8 Å². The fourth-order valence-electron chi connectivity index (χ4n) is 1.30. The number of aliphatic hydroxyl groups is 2. The van der Waals surface area contributed by atoms with Crippen LogP contribution in [0.15, 0.2) is 18.2 Å². The number of anilines is 1. The Balaban J connectivity index is 2.82. The van der Waals surface area contributed by atoms with Gasteiger partial charge >= 0.3 is 0 Å². The van der Waals surface area contributed by atoms with Gasteiger partial charge in [-0.2, -0.15) is 0 Å². The van der Waals surface area contributed by atoms with Crippen LogP contribution in [0.25, 0.3) is 0 Å². The molecule has 1 rings (SSSR count). The molecular formula is C11H15N3O4. The highest BCUT2D eigenvalue weighted by Gasteiger charge is 2.11. The number of hydrogen-bond acceptors (Lipinski definition) is 5. The van der Waals surface area contributed by atoms with Crippen molar-refractivity contribution in [3.8, 4) is 0 Å². The van der Waals surface area contributed by atoms with Crippen LogP contribution in [0.4, 0.5) is 5.69 Å². The first kappa shape index (κ1) is 13.9. The molecule has 7 nitrogen and oxygen atoms in total. The molecule has 0 aliphatic carbocycles. The van der Waals surface area contributed by atoms with Crippen LogP contribution in [0, 0.1) is 0 Å². The third-order valence-corrected chi connectivity index (χ3v) is 2.21. The third-order valence-electron chi connectivity index (χ3n) is 2.21. The largest absolute Gasteiger partial charge is 0.399 e. The molecule has 0 heterocycles. The zero-order valence-electron chi connectivity index (χ0n) is 9.59. The number of aliphatic hydroxyl groups excluding tert-OH is 2. The molecule has 0 aliphatic heterocycles. The molecule has 0 saturated carbocycles. The van der Waals surface area contributed by atoms with Gasteiger partial charge in [0.2, 0.25) is 5.91 Å². The zero-order valence-corrected chi connectivity index (χ0v) is 9.59. The Morgan fingerprint density at radius 2 is 1.89 bits per heavy atom. The van der Waals surface area contributed by atoms with Crippen molar-refractivity contribution in [1.82, 2.24) is 5.32 Å². The fourth-order valence-corrected chi connectivity index (χ4v) is 1.30. The van der Waals surface area contributed by atoms with Gasteiger partial charge in [-0.15, -0.1) is 0 Å². The molecule has 7 heteroatoms. The lowest BCUT2D eigenvalue weighted by molar-refractivity contribution is 0.0802. The molecule has 7 N–H and O–H groups in total. The van der Waals surface area contributed by atoms with Crippen molar-refractivity contribution >= 4 is 17.5 Å². The lowest BCUT2D eigenvalue weighted by Crippen LogP contribution is -2.34. The summed E-state index contributed by atoms with van der Waals surface area (Å²) in [7, 11) is 0. The van der Waals surface area contributed by atoms with Gasteiger partial charge in [0.1, 0.15) is 0 Å². The summed E-state index contributed by atoms with van der Waals surface area (Å²) in [5, 5.41) is 20.1. The second-order valence-electron chi connectivity index (χ2n) is 3.75. The van der Waals surface area contributed by atoms with Crippen LogP contribution >= 0.6 is 0 Å². The molecule has 0 fully saturated rings. The minimum absolute atomic E-state index is 0.101. The van der Waals surface area contributed by atoms with Crippen LogP contribution in [-0.4, -0.2) is 41.3 Å². The lowest BCUT2D eigenvalue weighted by Gasteiger charge is -2.10. The average molecular weight is 253 g/mol. The van der Waals surface area contributed by atoms with E-state index in [1.807, 2.05) is 0 Å². The van der Waals surface area contributed by atoms with Crippen molar-refractivity contribution in [2.75, 3.05) is 18.9 Å². The van der Waals surface area contributed by atoms with Crippen LogP contribution in [0.1, 0.15) is 20.7 Å². The van der Waals surface area contributed by atoms with Crippen molar-refractivity contribution in [3.05, 3.63) is 29.3 Å². The van der Waals surface area contributed by atoms with Gasteiger partial charge in [0, 0.05) is 23.4 Å². The summed E-state index contributed by atoms with van der Waals surface area (Å²) < 4.78 is 0. The van der Waals surface area contributed by atoms with E-state index in [-0.39, 0.29) is 23.4 Å². The van der Waals surface area contributed by atoms with Crippen molar-refractivity contribution in [3.63, 3.8) is 0 Å². The number of primary amides is 1. The number of nitrogen functional groups attached to an aromatic ring is 1. The molecule has 0 aliphatic rings. The van der Waals surface area contributed by atoms with Crippen LogP contribution in [-0.2, 0) is 0 Å². The number of hydrogen-bond donors (Lipinski definition) is 5. The molecule has 0 saturated heterocycles. The number of carbonyl (C=O) groups excluding carboxylic acids is 2. The molecule has 2 amide bonds. The zero-order chi connectivity index (χ0) is 13.7. The molecule has 0 bridgehead atoms. The van der Waals surface area contributed by atoms with Crippen molar-refractivity contribution in [2.24, 2.45) is 5.73 Å². The van der Waals surface area contributed by atoms with E-state index in [4.69, 9.17) is 21.7 Å². The Morgan fingerprint density at radius 3 is 2.44 bits per heavy atom. The van der Waals surface area contributed by atoms with E-state index in [0.717, 1.165) is 0 Å². The van der Waals surface area contributed by atoms with Gasteiger partial charge < -0.3 is 27.0 Å². The average Bonchev–Trinajstić information content (AvgIpc) is 2.34. The molecular weight excluding hydrogens is 238 g/mol. The summed E-state index contributed by atoms with van der Waals surface area (Å²) in [5.74, 6) is -1.20. The number of carbonyl (C=O) groups is 2. The molecule has 1 aromatic rings. The Labute approximate surface area is 103 Å². The maximum absolute atomic E-state index is 11.7. The Kier molecular flexibility index (Phi) is 4.64. The highest BCUT2D eigenvalue weighted by atomic mass is 16.3. The standard InChI is InChI=1S/C11H15N3O4/c12-8-2-6(10(13)17)1-7(3-8)11(18)14-4-9(16)5-15/h1-3,9,15-16H,4-5,12H2,(H2,13,17)(H,14,18). The lowest BCUT2D eigenvalue weighted by atomic mass is 10.1. The van der Waals surface area contributed by atoms with Gasteiger partial charge in [-0.25, -0.2) is 0 Å². The van der Waals surface area contributed by atoms with Crippen LogP contribution in [0.2, 0.25) is 0 Å². The smallest absolute Gasteiger partial charge is 0.251 e. The first-order valence-corrected chi connectivity index (χ1v) is 5.21. The predicted octanol–water partition coefficient (Wildman–Crippen LogP) is -1.55. The maximum atomic E-state index is 11.7. The van der Waals surface area contributed by atoms with Gasteiger partial charge in [0.05, 0.1) is 12.7 Å². The molecule has 0 spiro atoms. The van der Waals surface area contributed by atoms with E-state index in [9.17, 15) is 9.59 Å². The summed E-state index contributed by atoms with van der Waals surface area (Å²) in [5.41, 5.74) is 11.2. The van der Waals surface area contributed by atoms with Gasteiger partial charge in [-0.1, -0.05) is 0 Å². The van der Waals surface area contributed by atoms with Gasteiger partial charge in [0.15, 0.2) is 0 Å². The van der Waals surface area contributed by atoms with E-state index < -0.39 is 24.5 Å². The Bertz CT molecular complexity index is 462. The number of nitrogens with two attached hydrogens (primary N) is 2. The normalized spacial score (nSPS) is 11.9. The van der Waals surface area contributed by atoms with E-state index in [2.05, 4.69) is 5.32 Å². The summed E-state index contributed by atoms with van der Waals surface area (Å²) >= 11 is 0. The van der Waals surface area contributed by atoms with Crippen molar-refractivity contribution < 1.29 is 19.8 Å². The van der Waals surface area contributed by atoms with Crippen molar-refractivity contribution in [2.45, 2.75) is 6.10 Å². The number of benzene rings is 1. The molecule has 0 radical (unpaired) electrons. The van der Waals surface area contributed by atoms with E-state index >= 15 is 0 Å². The number of rotatable bonds is 5. The molecule has 0 aromatic heterocycles. The number of nitrogens with one attached hydrogen (secondary N) is 1. The molecule has 1 aromatic carbocycles. The summed E-state index contributed by atoms with van der Waals surface area (Å²) in [6.45, 7) is -0.556. The minimum atomic E-state index is -1.04. The first-order valence-electron chi connectivity index (χ1n) is 5.21.